The summed E-state index contributed by atoms with van der Waals surface area (Å²) in [4.78, 5) is 0. The van der Waals surface area contributed by atoms with Crippen molar-refractivity contribution in [2.24, 2.45) is 5.92 Å². The standard InChI is InChI=1S/C30H42O4/c1-6-9-12-28(4)18-30(21-16-25(33)23(31)14-19(21)28)22-17-26(34)24(32)15-20(22)29(5,13-10-7-2)27(30)11-8-3/h14-17,27,31-34H,6-13,18H2,1-5H3. The second-order valence-electron chi connectivity index (χ2n) is 11.4. The predicted molar refractivity (Wildman–Crippen MR) is 137 cm³/mol. The van der Waals surface area contributed by atoms with E-state index in [2.05, 4.69) is 34.6 Å². The zero-order chi connectivity index (χ0) is 24.9. The lowest BCUT2D eigenvalue weighted by atomic mass is 9.60. The minimum Gasteiger partial charge on any atom is -0.504 e. The molecule has 4 heteroatoms. The van der Waals surface area contributed by atoms with Gasteiger partial charge in [0.2, 0.25) is 0 Å². The van der Waals surface area contributed by atoms with Gasteiger partial charge in [0.25, 0.3) is 0 Å². The highest BCUT2D eigenvalue weighted by molar-refractivity contribution is 5.66. The van der Waals surface area contributed by atoms with Crippen molar-refractivity contribution >= 4 is 0 Å². The zero-order valence-corrected chi connectivity index (χ0v) is 21.5. The first kappa shape index (κ1) is 24.8. The molecule has 2 aromatic carbocycles. The van der Waals surface area contributed by atoms with Gasteiger partial charge in [0, 0.05) is 5.41 Å². The van der Waals surface area contributed by atoms with Gasteiger partial charge in [-0.1, -0.05) is 66.7 Å². The fourth-order valence-electron chi connectivity index (χ4n) is 7.64. The van der Waals surface area contributed by atoms with Crippen LogP contribution in [0.15, 0.2) is 24.3 Å². The molecule has 1 spiro atoms. The molecule has 0 aliphatic heterocycles. The van der Waals surface area contributed by atoms with Crippen LogP contribution in [0.1, 0.15) is 115 Å². The number of hydrogen-bond donors (Lipinski definition) is 4. The number of rotatable bonds is 8. The van der Waals surface area contributed by atoms with E-state index in [1.54, 1.807) is 24.3 Å². The maximum atomic E-state index is 10.7. The van der Waals surface area contributed by atoms with Gasteiger partial charge in [-0.2, -0.15) is 0 Å². The van der Waals surface area contributed by atoms with Crippen LogP contribution in [0.5, 0.6) is 23.0 Å². The summed E-state index contributed by atoms with van der Waals surface area (Å²) in [5.41, 5.74) is 3.74. The molecule has 2 aliphatic rings. The molecule has 0 heterocycles. The summed E-state index contributed by atoms with van der Waals surface area (Å²) in [5.74, 6) is -0.0288. The molecule has 0 amide bonds. The van der Waals surface area contributed by atoms with Crippen LogP contribution < -0.4 is 0 Å². The highest BCUT2D eigenvalue weighted by Gasteiger charge is 2.63. The number of unbranched alkanes of at least 4 members (excludes halogenated alkanes) is 2. The average molecular weight is 467 g/mol. The minimum atomic E-state index is -0.387. The Kier molecular flexibility index (Phi) is 6.33. The lowest BCUT2D eigenvalue weighted by Crippen LogP contribution is -2.40. The smallest absolute Gasteiger partial charge is 0.157 e. The van der Waals surface area contributed by atoms with Crippen LogP contribution in [0.25, 0.3) is 0 Å². The molecule has 0 fully saturated rings. The second kappa shape index (κ2) is 8.70. The third-order valence-corrected chi connectivity index (χ3v) is 9.20. The van der Waals surface area contributed by atoms with Crippen LogP contribution in [0, 0.1) is 5.92 Å². The van der Waals surface area contributed by atoms with Gasteiger partial charge in [-0.05, 0) is 89.0 Å². The Balaban J connectivity index is 2.07. The maximum Gasteiger partial charge on any atom is 0.157 e. The van der Waals surface area contributed by atoms with Crippen LogP contribution in [-0.4, -0.2) is 20.4 Å². The molecule has 4 unspecified atom stereocenters. The summed E-state index contributed by atoms with van der Waals surface area (Å²) in [6, 6.07) is 7.19. The van der Waals surface area contributed by atoms with Gasteiger partial charge >= 0.3 is 0 Å². The third kappa shape index (κ3) is 3.39. The third-order valence-electron chi connectivity index (χ3n) is 9.20. The highest BCUT2D eigenvalue weighted by atomic mass is 16.3. The summed E-state index contributed by atoms with van der Waals surface area (Å²) in [7, 11) is 0. The van der Waals surface area contributed by atoms with E-state index in [1.807, 2.05) is 0 Å². The van der Waals surface area contributed by atoms with Crippen LogP contribution in [0.2, 0.25) is 0 Å². The van der Waals surface area contributed by atoms with Crippen molar-refractivity contribution in [1.82, 2.24) is 0 Å². The van der Waals surface area contributed by atoms with Gasteiger partial charge in [0.1, 0.15) is 0 Å². The number of aromatic hydroxyl groups is 4. The van der Waals surface area contributed by atoms with E-state index in [0.717, 1.165) is 80.0 Å². The Hall–Kier alpha value is -2.36. The number of phenolic OH excluding ortho intramolecular Hbond substituents is 4. The van der Waals surface area contributed by atoms with Crippen molar-refractivity contribution in [2.45, 2.75) is 109 Å². The van der Waals surface area contributed by atoms with E-state index in [-0.39, 0.29) is 45.2 Å². The van der Waals surface area contributed by atoms with Crippen molar-refractivity contribution < 1.29 is 20.4 Å². The molecule has 0 radical (unpaired) electrons. The first-order chi connectivity index (χ1) is 16.1. The quantitative estimate of drug-likeness (QED) is 0.303. The van der Waals surface area contributed by atoms with Gasteiger partial charge in [0.15, 0.2) is 23.0 Å². The topological polar surface area (TPSA) is 80.9 Å². The molecular weight excluding hydrogens is 424 g/mol. The number of hydrogen-bond acceptors (Lipinski definition) is 4. The van der Waals surface area contributed by atoms with Crippen molar-refractivity contribution in [2.75, 3.05) is 0 Å². The van der Waals surface area contributed by atoms with Gasteiger partial charge in [-0.3, -0.25) is 0 Å². The Morgan fingerprint density at radius 2 is 1.15 bits per heavy atom. The molecule has 4 atom stereocenters. The molecule has 4 N–H and O–H groups in total. The molecule has 0 bridgehead atoms. The monoisotopic (exact) mass is 466 g/mol. The van der Waals surface area contributed by atoms with Crippen LogP contribution >= 0.6 is 0 Å². The lowest BCUT2D eigenvalue weighted by molar-refractivity contribution is 0.175. The Morgan fingerprint density at radius 3 is 1.68 bits per heavy atom. The minimum absolute atomic E-state index is 0.0608. The van der Waals surface area contributed by atoms with Crippen molar-refractivity contribution in [3.05, 3.63) is 46.5 Å². The second-order valence-corrected chi connectivity index (χ2v) is 11.4. The van der Waals surface area contributed by atoms with Crippen LogP contribution in [0.4, 0.5) is 0 Å². The van der Waals surface area contributed by atoms with Crippen LogP contribution in [-0.2, 0) is 16.2 Å². The molecule has 34 heavy (non-hydrogen) atoms. The SMILES string of the molecule is CCCCC1(C)CC2(c3cc(O)c(O)cc31)c1cc(O)c(O)cc1C(C)(CCCC)C2CCC. The molecule has 4 nitrogen and oxygen atoms in total. The Morgan fingerprint density at radius 1 is 0.676 bits per heavy atom. The normalized spacial score (nSPS) is 29.5. The van der Waals surface area contributed by atoms with E-state index in [0.29, 0.717) is 0 Å². The maximum absolute atomic E-state index is 10.7. The largest absolute Gasteiger partial charge is 0.504 e. The number of benzene rings is 2. The summed E-state index contributed by atoms with van der Waals surface area (Å²) in [6.45, 7) is 11.3. The lowest BCUT2D eigenvalue weighted by Gasteiger charge is -2.42. The molecule has 0 aromatic heterocycles. The van der Waals surface area contributed by atoms with E-state index in [9.17, 15) is 20.4 Å². The summed E-state index contributed by atoms with van der Waals surface area (Å²) in [5, 5.41) is 42.4. The van der Waals surface area contributed by atoms with E-state index in [1.165, 1.54) is 0 Å². The highest BCUT2D eigenvalue weighted by Crippen LogP contribution is 2.69. The fourth-order valence-corrected chi connectivity index (χ4v) is 7.64. The molecule has 4 rings (SSSR count). The zero-order valence-electron chi connectivity index (χ0n) is 21.5. The molecule has 186 valence electrons. The van der Waals surface area contributed by atoms with E-state index < -0.39 is 0 Å². The molecule has 0 saturated heterocycles. The fraction of sp³-hybridized carbons (Fsp3) is 0.600. The molecular formula is C30H42O4. The van der Waals surface area contributed by atoms with E-state index >= 15 is 0 Å². The predicted octanol–water partition coefficient (Wildman–Crippen LogP) is 7.52. The summed E-state index contributed by atoms with van der Waals surface area (Å²) < 4.78 is 0. The summed E-state index contributed by atoms with van der Waals surface area (Å²) in [6.07, 6.45) is 9.32. The van der Waals surface area contributed by atoms with Crippen molar-refractivity contribution in [1.29, 1.82) is 0 Å². The van der Waals surface area contributed by atoms with Gasteiger partial charge in [-0.25, -0.2) is 0 Å². The van der Waals surface area contributed by atoms with Crippen molar-refractivity contribution in [3.63, 3.8) is 0 Å². The Labute approximate surface area is 204 Å². The first-order valence-electron chi connectivity index (χ1n) is 13.2. The van der Waals surface area contributed by atoms with Gasteiger partial charge in [0.05, 0.1) is 0 Å². The molecule has 2 aromatic rings. The summed E-state index contributed by atoms with van der Waals surface area (Å²) >= 11 is 0. The number of fused-ring (bicyclic) bond motifs is 4. The van der Waals surface area contributed by atoms with Crippen LogP contribution in [0.3, 0.4) is 0 Å². The number of phenols is 4. The molecule has 2 aliphatic carbocycles. The average Bonchev–Trinajstić information content (AvgIpc) is 3.14. The first-order valence-corrected chi connectivity index (χ1v) is 13.2. The van der Waals surface area contributed by atoms with E-state index in [4.69, 9.17) is 0 Å². The Bertz CT molecular complexity index is 1060. The molecule has 0 saturated carbocycles. The van der Waals surface area contributed by atoms with Gasteiger partial charge in [-0.15, -0.1) is 0 Å². The van der Waals surface area contributed by atoms with Crippen molar-refractivity contribution in [3.8, 4) is 23.0 Å². The van der Waals surface area contributed by atoms with Gasteiger partial charge < -0.3 is 20.4 Å².